The number of hydrogen-bond acceptors (Lipinski definition) is 8. The van der Waals surface area contributed by atoms with Gasteiger partial charge in [-0.2, -0.15) is 0 Å². The molecule has 11 heteroatoms. The summed E-state index contributed by atoms with van der Waals surface area (Å²) in [6.45, 7) is 0.419. The normalized spacial score (nSPS) is 12.0. The first-order valence-electron chi connectivity index (χ1n) is 9.17. The Labute approximate surface area is 183 Å². The van der Waals surface area contributed by atoms with Gasteiger partial charge in [0.1, 0.15) is 5.15 Å². The van der Waals surface area contributed by atoms with E-state index in [4.69, 9.17) is 21.1 Å². The van der Waals surface area contributed by atoms with E-state index < -0.39 is 30.3 Å². The second-order valence-corrected chi connectivity index (χ2v) is 6.85. The average molecular weight is 449 g/mol. The van der Waals surface area contributed by atoms with Gasteiger partial charge in [-0.15, -0.1) is 0 Å². The van der Waals surface area contributed by atoms with Gasteiger partial charge in [0.15, 0.2) is 5.84 Å². The highest BCUT2D eigenvalue weighted by Gasteiger charge is 2.22. The molecule has 0 bridgehead atoms. The number of hydrogen-bond donors (Lipinski definition) is 0. The molecule has 0 saturated heterocycles. The number of halogens is 1. The van der Waals surface area contributed by atoms with Gasteiger partial charge in [0.25, 0.3) is 6.54 Å². The van der Waals surface area contributed by atoms with Crippen LogP contribution in [0.25, 0.3) is 0 Å². The van der Waals surface area contributed by atoms with E-state index in [1.807, 2.05) is 0 Å². The van der Waals surface area contributed by atoms with Gasteiger partial charge in [0.05, 0.1) is 11.6 Å². The zero-order valence-corrected chi connectivity index (χ0v) is 17.7. The van der Waals surface area contributed by atoms with E-state index in [0.29, 0.717) is 17.1 Å². The third-order valence-corrected chi connectivity index (χ3v) is 4.23. The minimum atomic E-state index is -0.943. The molecule has 0 aliphatic rings. The maximum Gasteiger partial charge on any atom is 0.418 e. The summed E-state index contributed by atoms with van der Waals surface area (Å²) in [6, 6.07) is 11.2. The maximum atomic E-state index is 12.2. The number of ether oxygens (including phenoxy) is 2. The summed E-state index contributed by atoms with van der Waals surface area (Å²) in [5.74, 6) is -0.765. The van der Waals surface area contributed by atoms with E-state index in [2.05, 4.69) is 9.98 Å². The number of carbonyl (C=O) groups is 2. The SMILES string of the molecule is CC(Cc1ccc(Cl)nc1)N=C(C[N+](=O)[O-])N(C)C(=O)OCOC(=O)c1ccccc1. The zero-order valence-electron chi connectivity index (χ0n) is 16.9. The molecule has 1 amide bonds. The number of nitro groups is 1. The van der Waals surface area contributed by atoms with Crippen LogP contribution in [0, 0.1) is 10.1 Å². The first-order chi connectivity index (χ1) is 14.8. The minimum absolute atomic E-state index is 0.0983. The van der Waals surface area contributed by atoms with Crippen LogP contribution >= 0.6 is 11.6 Å². The fraction of sp³-hybridized carbons (Fsp3) is 0.300. The Bertz CT molecular complexity index is 936. The molecular formula is C20H21ClN4O6. The van der Waals surface area contributed by atoms with Crippen LogP contribution in [0.5, 0.6) is 0 Å². The number of carbonyl (C=O) groups excluding carboxylic acids is 2. The van der Waals surface area contributed by atoms with E-state index in [1.54, 1.807) is 55.6 Å². The fourth-order valence-electron chi connectivity index (χ4n) is 2.51. The number of benzene rings is 1. The van der Waals surface area contributed by atoms with E-state index >= 15 is 0 Å². The van der Waals surface area contributed by atoms with Gasteiger partial charge < -0.3 is 9.47 Å². The van der Waals surface area contributed by atoms with Crippen LogP contribution < -0.4 is 0 Å². The number of likely N-dealkylation sites (N-methyl/N-ethyl adjacent to an activating group) is 1. The Balaban J connectivity index is 1.96. The molecule has 31 heavy (non-hydrogen) atoms. The fourth-order valence-corrected chi connectivity index (χ4v) is 2.62. The molecule has 1 unspecified atom stereocenters. The molecule has 2 aromatic rings. The van der Waals surface area contributed by atoms with Crippen molar-refractivity contribution in [1.82, 2.24) is 9.88 Å². The van der Waals surface area contributed by atoms with Crippen LogP contribution in [-0.4, -0.2) is 59.1 Å². The molecule has 0 fully saturated rings. The minimum Gasteiger partial charge on any atom is -0.424 e. The van der Waals surface area contributed by atoms with Crippen molar-refractivity contribution in [2.24, 2.45) is 4.99 Å². The van der Waals surface area contributed by atoms with Crippen molar-refractivity contribution in [1.29, 1.82) is 0 Å². The molecule has 1 aromatic carbocycles. The molecule has 0 spiro atoms. The Hall–Kier alpha value is -3.53. The maximum absolute atomic E-state index is 12.2. The van der Waals surface area contributed by atoms with E-state index in [9.17, 15) is 19.7 Å². The summed E-state index contributed by atoms with van der Waals surface area (Å²) >= 11 is 5.76. The molecular weight excluding hydrogens is 428 g/mol. The number of esters is 1. The van der Waals surface area contributed by atoms with E-state index in [0.717, 1.165) is 10.5 Å². The second-order valence-electron chi connectivity index (χ2n) is 6.46. The van der Waals surface area contributed by atoms with Crippen molar-refractivity contribution >= 4 is 29.5 Å². The largest absolute Gasteiger partial charge is 0.424 e. The second kappa shape index (κ2) is 11.6. The quantitative estimate of drug-likeness (QED) is 0.115. The van der Waals surface area contributed by atoms with Crippen molar-refractivity contribution in [3.05, 3.63) is 75.1 Å². The van der Waals surface area contributed by atoms with Crippen molar-refractivity contribution in [3.8, 4) is 0 Å². The monoisotopic (exact) mass is 448 g/mol. The van der Waals surface area contributed by atoms with Crippen LogP contribution in [0.2, 0.25) is 5.15 Å². The lowest BCUT2D eigenvalue weighted by Gasteiger charge is -2.18. The summed E-state index contributed by atoms with van der Waals surface area (Å²) < 4.78 is 9.77. The molecule has 0 aliphatic heterocycles. The Morgan fingerprint density at radius 2 is 1.94 bits per heavy atom. The lowest BCUT2D eigenvalue weighted by atomic mass is 10.1. The predicted octanol–water partition coefficient (Wildman–Crippen LogP) is 3.22. The number of pyridine rings is 1. The van der Waals surface area contributed by atoms with Gasteiger partial charge in [0.2, 0.25) is 6.79 Å². The van der Waals surface area contributed by atoms with Crippen LogP contribution in [-0.2, 0) is 15.9 Å². The molecule has 2 rings (SSSR count). The Morgan fingerprint density at radius 3 is 2.55 bits per heavy atom. The van der Waals surface area contributed by atoms with Crippen molar-refractivity contribution in [3.63, 3.8) is 0 Å². The highest BCUT2D eigenvalue weighted by molar-refractivity contribution is 6.29. The van der Waals surface area contributed by atoms with Gasteiger partial charge >= 0.3 is 12.1 Å². The molecule has 164 valence electrons. The van der Waals surface area contributed by atoms with Crippen molar-refractivity contribution in [2.45, 2.75) is 19.4 Å². The Kier molecular flexibility index (Phi) is 8.89. The lowest BCUT2D eigenvalue weighted by molar-refractivity contribution is -0.464. The lowest BCUT2D eigenvalue weighted by Crippen LogP contribution is -2.39. The molecule has 0 radical (unpaired) electrons. The third kappa shape index (κ3) is 8.01. The molecule has 0 aliphatic carbocycles. The average Bonchev–Trinajstić information content (AvgIpc) is 2.74. The third-order valence-electron chi connectivity index (χ3n) is 4.00. The van der Waals surface area contributed by atoms with Crippen LogP contribution in [0.3, 0.4) is 0 Å². The first kappa shape index (κ1) is 23.7. The zero-order chi connectivity index (χ0) is 22.8. The molecule has 1 atom stereocenters. The standard InChI is InChI=1S/C20H21ClN4O6/c1-14(10-15-8-9-17(21)22-11-15)23-18(12-25(28)29)24(2)20(27)31-13-30-19(26)16-6-4-3-5-7-16/h3-9,11,14H,10,12-13H2,1-2H3. The smallest absolute Gasteiger partial charge is 0.418 e. The summed E-state index contributed by atoms with van der Waals surface area (Å²) in [4.78, 5) is 43.7. The number of amidine groups is 1. The first-order valence-corrected chi connectivity index (χ1v) is 9.55. The number of rotatable bonds is 8. The topological polar surface area (TPSA) is 124 Å². The van der Waals surface area contributed by atoms with Gasteiger partial charge in [-0.05, 0) is 37.1 Å². The number of amides is 1. The number of aromatic nitrogens is 1. The van der Waals surface area contributed by atoms with Gasteiger partial charge in [-0.1, -0.05) is 35.9 Å². The van der Waals surface area contributed by atoms with Crippen LogP contribution in [0.15, 0.2) is 53.7 Å². The molecule has 0 N–H and O–H groups in total. The van der Waals surface area contributed by atoms with Crippen molar-refractivity contribution < 1.29 is 24.0 Å². The molecule has 10 nitrogen and oxygen atoms in total. The van der Waals surface area contributed by atoms with Gasteiger partial charge in [-0.3, -0.25) is 20.0 Å². The highest BCUT2D eigenvalue weighted by atomic mass is 35.5. The van der Waals surface area contributed by atoms with E-state index in [1.165, 1.54) is 7.05 Å². The number of nitrogens with zero attached hydrogens (tertiary/aromatic N) is 4. The van der Waals surface area contributed by atoms with Gasteiger partial charge in [0, 0.05) is 18.2 Å². The summed E-state index contributed by atoms with van der Waals surface area (Å²) in [6.07, 6.45) is 1.07. The van der Waals surface area contributed by atoms with Crippen LogP contribution in [0.1, 0.15) is 22.8 Å². The van der Waals surface area contributed by atoms with Crippen LogP contribution in [0.4, 0.5) is 4.79 Å². The summed E-state index contributed by atoms with van der Waals surface area (Å²) in [5, 5.41) is 11.4. The van der Waals surface area contributed by atoms with E-state index in [-0.39, 0.29) is 11.9 Å². The Morgan fingerprint density at radius 1 is 1.23 bits per heavy atom. The number of aliphatic imine (C=N–C) groups is 1. The molecule has 0 saturated carbocycles. The molecule has 1 aromatic heterocycles. The van der Waals surface area contributed by atoms with Crippen molar-refractivity contribution in [2.75, 3.05) is 20.4 Å². The highest BCUT2D eigenvalue weighted by Crippen LogP contribution is 2.10. The van der Waals surface area contributed by atoms with Gasteiger partial charge in [-0.25, -0.2) is 14.6 Å². The summed E-state index contributed by atoms with van der Waals surface area (Å²) in [5.41, 5.74) is 1.13. The summed E-state index contributed by atoms with van der Waals surface area (Å²) in [7, 11) is 1.29. The molecule has 1 heterocycles. The predicted molar refractivity (Wildman–Crippen MR) is 113 cm³/mol.